The van der Waals surface area contributed by atoms with E-state index in [1.807, 2.05) is 0 Å². The Bertz CT molecular complexity index is 373. The number of thioether (sulfide) groups is 2. The summed E-state index contributed by atoms with van der Waals surface area (Å²) in [5.41, 5.74) is 0. The quantitative estimate of drug-likeness (QED) is 0.667. The molecule has 0 saturated heterocycles. The number of amides is 1. The fourth-order valence-electron chi connectivity index (χ4n) is 0.879. The van der Waals surface area contributed by atoms with Gasteiger partial charge in [-0.05, 0) is 5.75 Å². The third-order valence-electron chi connectivity index (χ3n) is 1.56. The molecule has 0 spiro atoms. The van der Waals surface area contributed by atoms with Crippen LogP contribution in [0.25, 0.3) is 0 Å². The molecule has 1 aromatic heterocycles. The molecule has 0 fully saturated rings. The Kier molecular flexibility index (Phi) is 5.75. The maximum absolute atomic E-state index is 11.6. The van der Waals surface area contributed by atoms with Crippen LogP contribution in [0.4, 0.5) is 5.13 Å². The third-order valence-corrected chi connectivity index (χ3v) is 4.68. The van der Waals surface area contributed by atoms with Crippen molar-refractivity contribution >= 4 is 45.9 Å². The highest BCUT2D eigenvalue weighted by Gasteiger charge is 2.14. The molecule has 7 heteroatoms. The second kappa shape index (κ2) is 6.61. The maximum Gasteiger partial charge on any atom is 0.236 e. The first-order chi connectivity index (χ1) is 7.90. The molecule has 1 amide bonds. The Morgan fingerprint density at radius 2 is 2.12 bits per heavy atom. The molecule has 0 radical (unpaired) electrons. The van der Waals surface area contributed by atoms with E-state index < -0.39 is 0 Å². The minimum Gasteiger partial charge on any atom is -0.300 e. The van der Waals surface area contributed by atoms with Gasteiger partial charge in [0.25, 0.3) is 0 Å². The zero-order chi connectivity index (χ0) is 12.9. The zero-order valence-electron chi connectivity index (χ0n) is 10.4. The first kappa shape index (κ1) is 14.8. The van der Waals surface area contributed by atoms with Crippen LogP contribution in [-0.4, -0.2) is 32.4 Å². The van der Waals surface area contributed by atoms with Crippen LogP contribution in [0.1, 0.15) is 27.7 Å². The van der Waals surface area contributed by atoms with Gasteiger partial charge in [0.2, 0.25) is 11.0 Å². The number of nitrogens with zero attached hydrogens (tertiary/aromatic N) is 2. The lowest BCUT2D eigenvalue weighted by molar-refractivity contribution is -0.113. The molecule has 0 bridgehead atoms. The first-order valence-corrected chi connectivity index (χ1v) is 8.09. The summed E-state index contributed by atoms with van der Waals surface area (Å²) in [5, 5.41) is 11.3. The summed E-state index contributed by atoms with van der Waals surface area (Å²) in [6, 6.07) is 0. The molecular weight excluding hydrogens is 274 g/mol. The molecule has 0 saturated carbocycles. The molecule has 17 heavy (non-hydrogen) atoms. The SMILES string of the molecule is CCSc1nnc(NC(=O)CSC(C)(C)C)s1. The number of carbonyl (C=O) groups is 1. The summed E-state index contributed by atoms with van der Waals surface area (Å²) in [5.74, 6) is 1.39. The van der Waals surface area contributed by atoms with Gasteiger partial charge in [-0.3, -0.25) is 10.1 Å². The number of aromatic nitrogens is 2. The number of anilines is 1. The number of rotatable bonds is 5. The van der Waals surface area contributed by atoms with Crippen molar-refractivity contribution < 1.29 is 4.79 Å². The van der Waals surface area contributed by atoms with Gasteiger partial charge in [0.15, 0.2) is 4.34 Å². The van der Waals surface area contributed by atoms with Gasteiger partial charge in [0, 0.05) is 4.75 Å². The lowest BCUT2D eigenvalue weighted by atomic mass is 10.3. The number of carbonyl (C=O) groups excluding carboxylic acids is 1. The molecule has 0 aliphatic heterocycles. The number of nitrogens with one attached hydrogen (secondary N) is 1. The van der Waals surface area contributed by atoms with Gasteiger partial charge in [-0.1, -0.05) is 50.8 Å². The van der Waals surface area contributed by atoms with Crippen LogP contribution in [0, 0.1) is 0 Å². The molecular formula is C10H17N3OS3. The average Bonchev–Trinajstić information content (AvgIpc) is 2.62. The van der Waals surface area contributed by atoms with Crippen molar-refractivity contribution in [3.63, 3.8) is 0 Å². The van der Waals surface area contributed by atoms with E-state index in [1.165, 1.54) is 11.3 Å². The van der Waals surface area contributed by atoms with Gasteiger partial charge in [0.1, 0.15) is 0 Å². The van der Waals surface area contributed by atoms with E-state index in [0.717, 1.165) is 10.1 Å². The Morgan fingerprint density at radius 1 is 1.41 bits per heavy atom. The predicted octanol–water partition coefficient (Wildman–Crippen LogP) is 3.12. The van der Waals surface area contributed by atoms with E-state index in [1.54, 1.807) is 23.5 Å². The molecule has 0 atom stereocenters. The Balaban J connectivity index is 2.39. The second-order valence-corrected chi connectivity index (χ2v) is 8.55. The van der Waals surface area contributed by atoms with E-state index in [2.05, 4.69) is 43.2 Å². The third kappa shape index (κ3) is 6.28. The summed E-state index contributed by atoms with van der Waals surface area (Å²) < 4.78 is 0.994. The monoisotopic (exact) mass is 291 g/mol. The molecule has 1 N–H and O–H groups in total. The van der Waals surface area contributed by atoms with Crippen molar-refractivity contribution in [3.8, 4) is 0 Å². The molecule has 96 valence electrons. The minimum atomic E-state index is -0.0193. The Labute approximate surface area is 114 Å². The highest BCUT2D eigenvalue weighted by Crippen LogP contribution is 2.26. The van der Waals surface area contributed by atoms with Crippen LogP contribution in [0.2, 0.25) is 0 Å². The van der Waals surface area contributed by atoms with Gasteiger partial charge in [-0.25, -0.2) is 0 Å². The highest BCUT2D eigenvalue weighted by atomic mass is 32.2. The Hall–Kier alpha value is -0.270. The topological polar surface area (TPSA) is 54.9 Å². The molecule has 0 aliphatic rings. The van der Waals surface area contributed by atoms with E-state index in [-0.39, 0.29) is 10.7 Å². The fourth-order valence-corrected chi connectivity index (χ4v) is 3.18. The predicted molar refractivity (Wildman–Crippen MR) is 77.1 cm³/mol. The standard InChI is InChI=1S/C10H17N3OS3/c1-5-15-9-13-12-8(17-9)11-7(14)6-16-10(2,3)4/h5-6H2,1-4H3,(H,11,12,14). The van der Waals surface area contributed by atoms with E-state index in [0.29, 0.717) is 10.9 Å². The molecule has 1 aromatic rings. The fraction of sp³-hybridized carbons (Fsp3) is 0.700. The smallest absolute Gasteiger partial charge is 0.236 e. The van der Waals surface area contributed by atoms with Crippen LogP contribution >= 0.6 is 34.9 Å². The van der Waals surface area contributed by atoms with Crippen molar-refractivity contribution in [2.45, 2.75) is 36.8 Å². The van der Waals surface area contributed by atoms with E-state index in [9.17, 15) is 4.79 Å². The normalized spacial score (nSPS) is 11.5. The minimum absolute atomic E-state index is 0.0193. The van der Waals surface area contributed by atoms with Crippen LogP contribution in [-0.2, 0) is 4.79 Å². The molecule has 1 rings (SSSR count). The van der Waals surface area contributed by atoms with Gasteiger partial charge in [-0.15, -0.1) is 22.0 Å². The van der Waals surface area contributed by atoms with Crippen molar-refractivity contribution in [2.75, 3.05) is 16.8 Å². The van der Waals surface area contributed by atoms with Crippen molar-refractivity contribution in [1.29, 1.82) is 0 Å². The van der Waals surface area contributed by atoms with Crippen molar-refractivity contribution in [2.24, 2.45) is 0 Å². The number of hydrogen-bond donors (Lipinski definition) is 1. The molecule has 0 aromatic carbocycles. The lowest BCUT2D eigenvalue weighted by Gasteiger charge is -2.16. The largest absolute Gasteiger partial charge is 0.300 e. The summed E-state index contributed by atoms with van der Waals surface area (Å²) >= 11 is 4.67. The van der Waals surface area contributed by atoms with Crippen molar-refractivity contribution in [3.05, 3.63) is 0 Å². The van der Waals surface area contributed by atoms with E-state index in [4.69, 9.17) is 0 Å². The van der Waals surface area contributed by atoms with Crippen LogP contribution < -0.4 is 5.32 Å². The molecule has 0 aliphatic carbocycles. The lowest BCUT2D eigenvalue weighted by Crippen LogP contribution is -2.18. The summed E-state index contributed by atoms with van der Waals surface area (Å²) in [7, 11) is 0. The van der Waals surface area contributed by atoms with Crippen LogP contribution in [0.3, 0.4) is 0 Å². The van der Waals surface area contributed by atoms with Crippen LogP contribution in [0.5, 0.6) is 0 Å². The first-order valence-electron chi connectivity index (χ1n) is 5.31. The highest BCUT2D eigenvalue weighted by molar-refractivity contribution is 8.01. The summed E-state index contributed by atoms with van der Waals surface area (Å²) in [6.45, 7) is 8.33. The summed E-state index contributed by atoms with van der Waals surface area (Å²) in [4.78, 5) is 11.6. The molecule has 4 nitrogen and oxygen atoms in total. The van der Waals surface area contributed by atoms with Gasteiger partial charge >= 0.3 is 0 Å². The average molecular weight is 291 g/mol. The zero-order valence-corrected chi connectivity index (χ0v) is 12.9. The maximum atomic E-state index is 11.6. The molecule has 0 unspecified atom stereocenters. The van der Waals surface area contributed by atoms with Gasteiger partial charge in [0.05, 0.1) is 5.75 Å². The van der Waals surface area contributed by atoms with Gasteiger partial charge < -0.3 is 0 Å². The number of hydrogen-bond acceptors (Lipinski definition) is 6. The van der Waals surface area contributed by atoms with Crippen LogP contribution in [0.15, 0.2) is 4.34 Å². The van der Waals surface area contributed by atoms with Gasteiger partial charge in [-0.2, -0.15) is 0 Å². The molecule has 1 heterocycles. The Morgan fingerprint density at radius 3 is 2.71 bits per heavy atom. The second-order valence-electron chi connectivity index (χ2n) is 4.26. The summed E-state index contributed by atoms with van der Waals surface area (Å²) in [6.07, 6.45) is 0. The van der Waals surface area contributed by atoms with Crippen molar-refractivity contribution in [1.82, 2.24) is 10.2 Å². The van der Waals surface area contributed by atoms with E-state index >= 15 is 0 Å².